The van der Waals surface area contributed by atoms with E-state index in [2.05, 4.69) is 20.9 Å². The largest absolute Gasteiger partial charge is 0.369 e. The van der Waals surface area contributed by atoms with Crippen LogP contribution in [-0.2, 0) is 9.59 Å². The lowest BCUT2D eigenvalue weighted by atomic mass is 10.1. The maximum Gasteiger partial charge on any atom is 0.251 e. The highest BCUT2D eigenvalue weighted by Gasteiger charge is 2.20. The van der Waals surface area contributed by atoms with Crippen LogP contribution in [-0.4, -0.2) is 57.4 Å². The van der Waals surface area contributed by atoms with Crippen LogP contribution in [0.5, 0.6) is 0 Å². The minimum atomic E-state index is -0.708. The summed E-state index contributed by atoms with van der Waals surface area (Å²) in [5.74, 6) is -0.621. The van der Waals surface area contributed by atoms with Crippen LogP contribution in [0.3, 0.4) is 0 Å². The molecule has 0 spiro atoms. The Bertz CT molecular complexity index is 568. The number of anilines is 1. The van der Waals surface area contributed by atoms with E-state index in [0.717, 1.165) is 38.2 Å². The Morgan fingerprint density at radius 1 is 1.25 bits per heavy atom. The molecular weight excluding hydrogens is 308 g/mol. The molecule has 7 heteroatoms. The molecule has 1 fully saturated rings. The normalized spacial score (nSPS) is 15.5. The van der Waals surface area contributed by atoms with E-state index in [9.17, 15) is 14.4 Å². The molecule has 1 aromatic rings. The maximum absolute atomic E-state index is 12.3. The standard InChI is InChI=1S/C17H24N4O3/c1-18-17(24)15(3-2-12-22)20-16(23)13-4-6-14(7-5-13)21-10-8-19-9-11-21/h4-7,12,15,19H,2-3,8-11H2,1H3,(H,18,24)(H,20,23). The zero-order chi connectivity index (χ0) is 17.4. The Kier molecular flexibility index (Phi) is 6.74. The zero-order valence-corrected chi connectivity index (χ0v) is 13.9. The smallest absolute Gasteiger partial charge is 0.251 e. The van der Waals surface area contributed by atoms with Gasteiger partial charge in [0.15, 0.2) is 0 Å². The first-order valence-electron chi connectivity index (χ1n) is 8.17. The van der Waals surface area contributed by atoms with Crippen molar-refractivity contribution in [1.29, 1.82) is 0 Å². The van der Waals surface area contributed by atoms with Crippen LogP contribution in [0.1, 0.15) is 23.2 Å². The Labute approximate surface area is 141 Å². The van der Waals surface area contributed by atoms with Crippen molar-refractivity contribution in [2.24, 2.45) is 0 Å². The van der Waals surface area contributed by atoms with Crippen molar-refractivity contribution in [3.05, 3.63) is 29.8 Å². The number of benzene rings is 1. The van der Waals surface area contributed by atoms with Crippen LogP contribution in [0.25, 0.3) is 0 Å². The van der Waals surface area contributed by atoms with Crippen molar-refractivity contribution in [1.82, 2.24) is 16.0 Å². The molecule has 2 amide bonds. The number of piperazine rings is 1. The molecule has 1 aliphatic heterocycles. The first-order valence-corrected chi connectivity index (χ1v) is 8.17. The fourth-order valence-electron chi connectivity index (χ4n) is 2.67. The number of likely N-dealkylation sites (N-methyl/N-ethyl adjacent to an activating group) is 1. The predicted octanol–water partition coefficient (Wildman–Crippen LogP) is -0.0803. The number of nitrogens with one attached hydrogen (secondary N) is 3. The summed E-state index contributed by atoms with van der Waals surface area (Å²) in [6, 6.07) is 6.64. The van der Waals surface area contributed by atoms with E-state index < -0.39 is 6.04 Å². The summed E-state index contributed by atoms with van der Waals surface area (Å²) in [5.41, 5.74) is 1.57. The third-order valence-corrected chi connectivity index (χ3v) is 4.05. The van der Waals surface area contributed by atoms with Gasteiger partial charge in [-0.1, -0.05) is 0 Å². The third-order valence-electron chi connectivity index (χ3n) is 4.05. The second-order valence-corrected chi connectivity index (χ2v) is 5.67. The van der Waals surface area contributed by atoms with Crippen molar-refractivity contribution in [2.45, 2.75) is 18.9 Å². The first kappa shape index (κ1) is 17.9. The van der Waals surface area contributed by atoms with Gasteiger partial charge < -0.3 is 25.6 Å². The van der Waals surface area contributed by atoms with Crippen LogP contribution in [0.4, 0.5) is 5.69 Å². The molecule has 1 unspecified atom stereocenters. The summed E-state index contributed by atoms with van der Waals surface area (Å²) < 4.78 is 0. The van der Waals surface area contributed by atoms with Gasteiger partial charge in [0.05, 0.1) is 0 Å². The number of aldehydes is 1. The summed E-state index contributed by atoms with van der Waals surface area (Å²) in [5, 5.41) is 8.49. The lowest BCUT2D eigenvalue weighted by molar-refractivity contribution is -0.122. The molecule has 3 N–H and O–H groups in total. The lowest BCUT2D eigenvalue weighted by Gasteiger charge is -2.29. The quantitative estimate of drug-likeness (QED) is 0.608. The van der Waals surface area contributed by atoms with Gasteiger partial charge in [-0.15, -0.1) is 0 Å². The van der Waals surface area contributed by atoms with Crippen molar-refractivity contribution >= 4 is 23.8 Å². The van der Waals surface area contributed by atoms with Crippen LogP contribution in [0, 0.1) is 0 Å². The van der Waals surface area contributed by atoms with Crippen molar-refractivity contribution in [2.75, 3.05) is 38.1 Å². The fourth-order valence-corrected chi connectivity index (χ4v) is 2.67. The Balaban J connectivity index is 1.99. The topological polar surface area (TPSA) is 90.5 Å². The number of carbonyl (C=O) groups is 3. The van der Waals surface area contributed by atoms with E-state index in [-0.39, 0.29) is 24.7 Å². The van der Waals surface area contributed by atoms with Gasteiger partial charge in [0.1, 0.15) is 12.3 Å². The Morgan fingerprint density at radius 2 is 1.92 bits per heavy atom. The van der Waals surface area contributed by atoms with Gasteiger partial charge >= 0.3 is 0 Å². The summed E-state index contributed by atoms with van der Waals surface area (Å²) in [6.45, 7) is 3.78. The third kappa shape index (κ3) is 4.79. The minimum Gasteiger partial charge on any atom is -0.369 e. The molecule has 1 heterocycles. The molecule has 0 radical (unpaired) electrons. The molecule has 1 atom stereocenters. The van der Waals surface area contributed by atoms with Gasteiger partial charge in [-0.25, -0.2) is 0 Å². The van der Waals surface area contributed by atoms with Gasteiger partial charge in [0.25, 0.3) is 5.91 Å². The van der Waals surface area contributed by atoms with Gasteiger partial charge in [-0.3, -0.25) is 9.59 Å². The molecule has 0 aromatic heterocycles. The number of hydrogen-bond donors (Lipinski definition) is 3. The van der Waals surface area contributed by atoms with E-state index in [1.165, 1.54) is 7.05 Å². The molecule has 130 valence electrons. The zero-order valence-electron chi connectivity index (χ0n) is 13.9. The Morgan fingerprint density at radius 3 is 2.50 bits per heavy atom. The van der Waals surface area contributed by atoms with Crippen LogP contribution in [0.15, 0.2) is 24.3 Å². The number of nitrogens with zero attached hydrogens (tertiary/aromatic N) is 1. The molecule has 7 nitrogen and oxygen atoms in total. The minimum absolute atomic E-state index is 0.223. The van der Waals surface area contributed by atoms with E-state index in [4.69, 9.17) is 0 Å². The number of hydrogen-bond acceptors (Lipinski definition) is 5. The van der Waals surface area contributed by atoms with Gasteiger partial charge in [0, 0.05) is 50.9 Å². The average Bonchev–Trinajstić information content (AvgIpc) is 2.65. The van der Waals surface area contributed by atoms with Crippen LogP contribution < -0.4 is 20.9 Å². The number of rotatable bonds is 7. The van der Waals surface area contributed by atoms with Gasteiger partial charge in [-0.05, 0) is 30.7 Å². The fraction of sp³-hybridized carbons (Fsp3) is 0.471. The molecule has 2 rings (SSSR count). The van der Waals surface area contributed by atoms with Crippen LogP contribution >= 0.6 is 0 Å². The van der Waals surface area contributed by atoms with Gasteiger partial charge in [-0.2, -0.15) is 0 Å². The molecule has 1 saturated heterocycles. The molecular formula is C17H24N4O3. The van der Waals surface area contributed by atoms with E-state index >= 15 is 0 Å². The molecule has 0 aliphatic carbocycles. The van der Waals surface area contributed by atoms with E-state index in [1.54, 1.807) is 12.1 Å². The molecule has 0 saturated carbocycles. The highest BCUT2D eigenvalue weighted by atomic mass is 16.2. The maximum atomic E-state index is 12.3. The van der Waals surface area contributed by atoms with Gasteiger partial charge in [0.2, 0.25) is 5.91 Å². The van der Waals surface area contributed by atoms with Crippen LogP contribution in [0.2, 0.25) is 0 Å². The highest BCUT2D eigenvalue weighted by molar-refractivity contribution is 5.97. The van der Waals surface area contributed by atoms with E-state index in [0.29, 0.717) is 5.56 Å². The monoisotopic (exact) mass is 332 g/mol. The second-order valence-electron chi connectivity index (χ2n) is 5.67. The molecule has 0 bridgehead atoms. The number of carbonyl (C=O) groups excluding carboxylic acids is 3. The molecule has 24 heavy (non-hydrogen) atoms. The summed E-state index contributed by atoms with van der Waals surface area (Å²) >= 11 is 0. The van der Waals surface area contributed by atoms with E-state index in [1.807, 2.05) is 12.1 Å². The summed E-state index contributed by atoms with van der Waals surface area (Å²) in [6.07, 6.45) is 1.25. The summed E-state index contributed by atoms with van der Waals surface area (Å²) in [4.78, 5) is 36.9. The molecule has 1 aromatic carbocycles. The van der Waals surface area contributed by atoms with Crippen molar-refractivity contribution in [3.63, 3.8) is 0 Å². The SMILES string of the molecule is CNC(=O)C(CCC=O)NC(=O)c1ccc(N2CCNCC2)cc1. The van der Waals surface area contributed by atoms with Crippen molar-refractivity contribution < 1.29 is 14.4 Å². The molecule has 1 aliphatic rings. The number of amides is 2. The first-order chi connectivity index (χ1) is 11.7. The summed E-state index contributed by atoms with van der Waals surface area (Å²) in [7, 11) is 1.50. The average molecular weight is 332 g/mol. The Hall–Kier alpha value is -2.41. The highest BCUT2D eigenvalue weighted by Crippen LogP contribution is 2.16. The predicted molar refractivity (Wildman–Crippen MR) is 92.1 cm³/mol. The van der Waals surface area contributed by atoms with Crippen molar-refractivity contribution in [3.8, 4) is 0 Å². The lowest BCUT2D eigenvalue weighted by Crippen LogP contribution is -2.45. The second kappa shape index (κ2) is 9.02.